The zero-order valence-corrected chi connectivity index (χ0v) is 37.4. The zero-order valence-electron chi connectivity index (χ0n) is 37.4. The first-order chi connectivity index (χ1) is 31.2. The van der Waals surface area contributed by atoms with Gasteiger partial charge < -0.3 is 13.6 Å². The Morgan fingerprint density at radius 1 is 0.328 bits per heavy atom. The minimum Gasteiger partial charge on any atom is -0.456 e. The number of benzene rings is 9. The molecule has 12 aromatic rings. The van der Waals surface area contributed by atoms with Crippen LogP contribution in [0.4, 0.5) is 0 Å². The number of fused-ring (bicyclic) bond motifs is 9. The Morgan fingerprint density at radius 3 is 1.66 bits per heavy atom. The van der Waals surface area contributed by atoms with Crippen LogP contribution in [0.15, 0.2) is 168 Å². The summed E-state index contributed by atoms with van der Waals surface area (Å²) in [6.45, 7) is 0. The van der Waals surface area contributed by atoms with E-state index in [0.29, 0.717) is 0 Å². The van der Waals surface area contributed by atoms with E-state index in [0.717, 1.165) is 33.3 Å². The summed E-state index contributed by atoms with van der Waals surface area (Å²) >= 11 is 0. The minimum absolute atomic E-state index is 0.911. The van der Waals surface area contributed by atoms with E-state index in [1.807, 2.05) is 6.07 Å². The van der Waals surface area contributed by atoms with Crippen LogP contribution in [0.5, 0.6) is 0 Å². The van der Waals surface area contributed by atoms with Crippen molar-refractivity contribution < 1.29 is 4.42 Å². The third-order valence-electron chi connectivity index (χ3n) is 14.6. The molecule has 0 aliphatic heterocycles. The molecule has 3 nitrogen and oxygen atoms in total. The molecule has 0 bridgehead atoms. The molecule has 0 atom stereocenters. The number of furan rings is 1. The molecule has 0 spiro atoms. The number of nitrogens with zero attached hydrogens (tertiary/aromatic N) is 2. The molecule has 0 aliphatic carbocycles. The summed E-state index contributed by atoms with van der Waals surface area (Å²) in [7, 11) is 16.2. The molecule has 9 aromatic carbocycles. The molecule has 0 fully saturated rings. The average Bonchev–Trinajstić information content (AvgIpc) is 4.01. The van der Waals surface area contributed by atoms with Gasteiger partial charge in [0, 0.05) is 54.9 Å². The van der Waals surface area contributed by atoms with E-state index < -0.39 is 0 Å². The number of aromatic nitrogens is 2. The van der Waals surface area contributed by atoms with Crippen molar-refractivity contribution in [3.63, 3.8) is 0 Å². The van der Waals surface area contributed by atoms with E-state index >= 15 is 0 Å². The molecular formula is C54H41B7N2O. The second-order valence-corrected chi connectivity index (χ2v) is 17.9. The third-order valence-corrected chi connectivity index (χ3v) is 14.6. The van der Waals surface area contributed by atoms with Gasteiger partial charge in [0.1, 0.15) is 66.1 Å². The molecule has 0 aliphatic rings. The van der Waals surface area contributed by atoms with Gasteiger partial charge in [-0.1, -0.05) is 148 Å². The molecule has 0 saturated carbocycles. The maximum absolute atomic E-state index is 6.33. The van der Waals surface area contributed by atoms with Crippen LogP contribution in [0.3, 0.4) is 0 Å². The summed E-state index contributed by atoms with van der Waals surface area (Å²) in [4.78, 5) is 0. The van der Waals surface area contributed by atoms with Crippen LogP contribution in [0.1, 0.15) is 0 Å². The highest BCUT2D eigenvalue weighted by atomic mass is 16.3. The lowest BCUT2D eigenvalue weighted by molar-refractivity contribution is 0.669. The topological polar surface area (TPSA) is 23.0 Å². The predicted molar refractivity (Wildman–Crippen MR) is 296 cm³/mol. The van der Waals surface area contributed by atoms with Crippen LogP contribution >= 0.6 is 0 Å². The quantitative estimate of drug-likeness (QED) is 0.246. The molecule has 12 rings (SSSR count). The summed E-state index contributed by atoms with van der Waals surface area (Å²) in [5.74, 6) is 0. The van der Waals surface area contributed by atoms with Crippen molar-refractivity contribution in [2.45, 2.75) is 0 Å². The van der Waals surface area contributed by atoms with Gasteiger partial charge in [-0.15, -0.1) is 5.46 Å². The number of rotatable bonds is 5. The monoisotopic (exact) mass is 810 g/mol. The van der Waals surface area contributed by atoms with Crippen LogP contribution in [0, 0.1) is 0 Å². The highest BCUT2D eigenvalue weighted by Crippen LogP contribution is 2.41. The molecule has 0 N–H and O–H groups in total. The van der Waals surface area contributed by atoms with E-state index in [4.69, 9.17) is 4.42 Å². The molecule has 10 heteroatoms. The van der Waals surface area contributed by atoms with Gasteiger partial charge in [0.15, 0.2) is 0 Å². The van der Waals surface area contributed by atoms with Gasteiger partial charge in [-0.3, -0.25) is 0 Å². The maximum atomic E-state index is 6.33. The van der Waals surface area contributed by atoms with Gasteiger partial charge in [0.2, 0.25) is 0 Å². The van der Waals surface area contributed by atoms with Crippen molar-refractivity contribution in [2.24, 2.45) is 0 Å². The molecule has 64 heavy (non-hydrogen) atoms. The van der Waals surface area contributed by atoms with Crippen molar-refractivity contribution in [3.8, 4) is 44.8 Å². The molecule has 294 valence electrons. The summed E-state index contributed by atoms with van der Waals surface area (Å²) in [5, 5.41) is 7.45. The Kier molecular flexibility index (Phi) is 8.69. The standard InChI is InChI=1S/C54H41B7N2O/c55-45-42(46(56)50(60)53-43(45)44-47(57)48(58)49(59)51(61)54(44)63(53)33-23-25-41-38(27-33)35-14-7-8-17-40(35)64-41)31-20-24-39-37(26-31)36-16-9-15-34(30-12-5-2-6-13-30)52(36)62(39)32-21-18-29(19-22-32)28-10-3-1-4-11-28/h1-27H,55-61H2. The second-order valence-electron chi connectivity index (χ2n) is 17.9. The van der Waals surface area contributed by atoms with Gasteiger partial charge in [-0.2, -0.15) is 0 Å². The normalized spacial score (nSPS) is 11.9. The minimum atomic E-state index is 0.911. The lowest BCUT2D eigenvalue weighted by atomic mass is 9.64. The predicted octanol–water partition coefficient (Wildman–Crippen LogP) is 2.59. The molecule has 3 heterocycles. The largest absolute Gasteiger partial charge is 0.456 e. The Balaban J connectivity index is 1.13. The Bertz CT molecular complexity index is 3910. The van der Waals surface area contributed by atoms with Gasteiger partial charge in [-0.25, -0.2) is 0 Å². The van der Waals surface area contributed by atoms with Gasteiger partial charge in [-0.05, 0) is 81.7 Å². The molecule has 0 unspecified atom stereocenters. The fourth-order valence-electron chi connectivity index (χ4n) is 11.0. The van der Waals surface area contributed by atoms with Crippen molar-refractivity contribution >= 4 is 159 Å². The Labute approximate surface area is 379 Å². The Morgan fingerprint density at radius 2 is 0.906 bits per heavy atom. The van der Waals surface area contributed by atoms with Crippen LogP contribution in [-0.2, 0) is 0 Å². The van der Waals surface area contributed by atoms with Crippen LogP contribution in [0.2, 0.25) is 0 Å². The first kappa shape index (κ1) is 38.5. The number of hydrogen-bond acceptors (Lipinski definition) is 1. The fraction of sp³-hybridized carbons (Fsp3) is 0. The smallest absolute Gasteiger partial charge is 0.141 e. The average molecular weight is 810 g/mol. The fourth-order valence-corrected chi connectivity index (χ4v) is 11.0. The molecule has 0 amide bonds. The van der Waals surface area contributed by atoms with E-state index in [9.17, 15) is 0 Å². The van der Waals surface area contributed by atoms with E-state index in [2.05, 4.69) is 222 Å². The molecule has 0 saturated heterocycles. The van der Waals surface area contributed by atoms with Gasteiger partial charge in [0.05, 0.1) is 11.0 Å². The molecule has 3 aromatic heterocycles. The van der Waals surface area contributed by atoms with Gasteiger partial charge in [0.25, 0.3) is 0 Å². The first-order valence-corrected chi connectivity index (χ1v) is 22.4. The van der Waals surface area contributed by atoms with E-state index in [-0.39, 0.29) is 0 Å². The third kappa shape index (κ3) is 5.51. The van der Waals surface area contributed by atoms with Crippen molar-refractivity contribution in [1.82, 2.24) is 9.13 Å². The van der Waals surface area contributed by atoms with Crippen LogP contribution in [-0.4, -0.2) is 64.1 Å². The molecular weight excluding hydrogens is 768 g/mol. The Hall–Kier alpha value is -7.17. The zero-order chi connectivity index (χ0) is 43.5. The SMILES string of the molecule is Bc1c(B)c(B)c2c(c1B)c1c(B)c(-c3ccc4c(c3)c3cccc(-c5ccccc5)c3n4-c3ccc(-c4ccccc4)cc3)c(B)c(B)c1n2-c1ccc2oc3ccccc3c2c1. The van der Waals surface area contributed by atoms with Crippen molar-refractivity contribution in [2.75, 3.05) is 0 Å². The van der Waals surface area contributed by atoms with Gasteiger partial charge >= 0.3 is 0 Å². The highest BCUT2D eigenvalue weighted by molar-refractivity contribution is 6.69. The first-order valence-electron chi connectivity index (χ1n) is 22.4. The van der Waals surface area contributed by atoms with E-state index in [1.54, 1.807) is 0 Å². The summed E-state index contributed by atoms with van der Waals surface area (Å²) in [6.07, 6.45) is 0. The lowest BCUT2D eigenvalue weighted by Crippen LogP contribution is -2.48. The van der Waals surface area contributed by atoms with E-state index in [1.165, 1.54) is 115 Å². The van der Waals surface area contributed by atoms with Crippen molar-refractivity contribution in [3.05, 3.63) is 164 Å². The summed E-state index contributed by atoms with van der Waals surface area (Å²) in [5.41, 5.74) is 25.8. The molecule has 0 radical (unpaired) electrons. The summed E-state index contributed by atoms with van der Waals surface area (Å²) < 4.78 is 11.4. The highest BCUT2D eigenvalue weighted by Gasteiger charge is 2.26. The van der Waals surface area contributed by atoms with Crippen LogP contribution in [0.25, 0.3) is 110 Å². The van der Waals surface area contributed by atoms with Crippen LogP contribution < -0.4 is 38.2 Å². The second kappa shape index (κ2) is 14.4. The maximum Gasteiger partial charge on any atom is 0.141 e. The number of hydrogen-bond donors (Lipinski definition) is 0. The summed E-state index contributed by atoms with van der Waals surface area (Å²) in [6, 6.07) is 59.6. The lowest BCUT2D eigenvalue weighted by Gasteiger charge is -2.19. The number of para-hydroxylation sites is 2. The van der Waals surface area contributed by atoms with Crippen molar-refractivity contribution in [1.29, 1.82) is 0 Å².